The van der Waals surface area contributed by atoms with Crippen LogP contribution in [-0.4, -0.2) is 24.1 Å². The van der Waals surface area contributed by atoms with E-state index in [1.165, 1.54) is 21.5 Å². The van der Waals surface area contributed by atoms with Crippen molar-refractivity contribution in [1.29, 1.82) is 0 Å². The Hall–Kier alpha value is -6.79. The number of fused-ring (bicyclic) bond motifs is 6. The lowest BCUT2D eigenvalue weighted by molar-refractivity contribution is 1.14. The van der Waals surface area contributed by atoms with Gasteiger partial charge in [0, 0.05) is 97.8 Å². The van der Waals surface area contributed by atoms with E-state index in [1.54, 1.807) is 6.20 Å². The number of pyridine rings is 3. The normalized spacial score (nSPS) is 12.4. The quantitative estimate of drug-likeness (QED) is 0.183. The molecule has 0 radical (unpaired) electrons. The van der Waals surface area contributed by atoms with Gasteiger partial charge in [0.1, 0.15) is 0 Å². The lowest BCUT2D eigenvalue weighted by Crippen LogP contribution is -1.96. The number of nitrogens with zero attached hydrogens (tertiary/aromatic N) is 5. The molecule has 6 heteroatoms. The second kappa shape index (κ2) is 12.0. The fourth-order valence-electron chi connectivity index (χ4n) is 7.24. The van der Waals surface area contributed by atoms with Gasteiger partial charge in [-0.05, 0) is 55.5 Å². The molecule has 5 heterocycles. The number of hydrogen-bond acceptors (Lipinski definition) is 4. The smallest absolute Gasteiger partial charge is 0.0651 e. The molecule has 0 fully saturated rings. The van der Waals surface area contributed by atoms with Crippen molar-refractivity contribution in [2.75, 3.05) is 0 Å². The Bertz CT molecular complexity index is 2690. The van der Waals surface area contributed by atoms with E-state index in [9.17, 15) is 0 Å². The summed E-state index contributed by atoms with van der Waals surface area (Å²) in [5.74, 6) is 0. The van der Waals surface area contributed by atoms with Gasteiger partial charge in [0.05, 0.1) is 34.0 Å². The molecule has 0 bridgehead atoms. The van der Waals surface area contributed by atoms with Crippen LogP contribution < -0.4 is 5.73 Å². The summed E-state index contributed by atoms with van der Waals surface area (Å²) in [6, 6.07) is 40.5. The third kappa shape index (κ3) is 4.85. The van der Waals surface area contributed by atoms with Crippen LogP contribution in [0.25, 0.3) is 82.8 Å². The Balaban J connectivity index is 1.07. The molecule has 0 aliphatic rings. The van der Waals surface area contributed by atoms with Crippen molar-refractivity contribution in [2.45, 2.75) is 6.92 Å². The van der Waals surface area contributed by atoms with Crippen LogP contribution in [0.15, 0.2) is 165 Å². The molecule has 0 saturated heterocycles. The Morgan fingerprint density at radius 1 is 0.520 bits per heavy atom. The van der Waals surface area contributed by atoms with Gasteiger partial charge in [-0.25, -0.2) is 0 Å². The van der Waals surface area contributed by atoms with E-state index in [0.717, 1.165) is 66.8 Å². The third-order valence-electron chi connectivity index (χ3n) is 9.52. The second-order valence-corrected chi connectivity index (χ2v) is 12.5. The SMILES string of the molecule is C/C(=C\C(=C/N)c1cncc(-c2cncc(-c3cncc(-n4c5ccccc5c5ccccc54)c3)c2)c1)n1c2ccccc2c2ccccc21. The number of rotatable bonds is 6. The first-order valence-corrected chi connectivity index (χ1v) is 16.6. The van der Waals surface area contributed by atoms with Gasteiger partial charge in [-0.2, -0.15) is 0 Å². The minimum Gasteiger partial charge on any atom is -0.404 e. The average Bonchev–Trinajstić information content (AvgIpc) is 3.70. The largest absolute Gasteiger partial charge is 0.404 e. The molecule has 0 amide bonds. The van der Waals surface area contributed by atoms with E-state index >= 15 is 0 Å². The molecule has 50 heavy (non-hydrogen) atoms. The standard InChI is InChI=1S/C44H32N6/c1-29(49-41-14-6-2-10-37(41)38-11-3-7-15-42(38)49)18-30(22-45)31-19-32(24-46-23-31)33-20-34(26-47-25-33)35-21-36(28-48-27-35)50-43-16-8-4-12-39(43)40-13-5-9-17-44(40)50/h2-28H,45H2,1H3/b29-18+,30-22+. The van der Waals surface area contributed by atoms with Gasteiger partial charge in [0.25, 0.3) is 0 Å². The Morgan fingerprint density at radius 3 is 1.52 bits per heavy atom. The molecule has 0 saturated carbocycles. The number of nitrogens with two attached hydrogens (primary N) is 1. The monoisotopic (exact) mass is 644 g/mol. The Morgan fingerprint density at radius 2 is 0.960 bits per heavy atom. The molecule has 238 valence electrons. The van der Waals surface area contributed by atoms with Crippen molar-refractivity contribution in [3.8, 4) is 27.9 Å². The molecule has 0 unspecified atom stereocenters. The lowest BCUT2D eigenvalue weighted by atomic mass is 10.0. The highest BCUT2D eigenvalue weighted by Gasteiger charge is 2.14. The predicted octanol–water partition coefficient (Wildman–Crippen LogP) is 10.3. The van der Waals surface area contributed by atoms with Crippen LogP contribution in [0, 0.1) is 0 Å². The summed E-state index contributed by atoms with van der Waals surface area (Å²) in [6.07, 6.45) is 15.1. The van der Waals surface area contributed by atoms with Gasteiger partial charge in [0.15, 0.2) is 0 Å². The van der Waals surface area contributed by atoms with E-state index in [1.807, 2.05) is 37.2 Å². The van der Waals surface area contributed by atoms with Crippen molar-refractivity contribution in [3.05, 3.63) is 170 Å². The van der Waals surface area contributed by atoms with Crippen LogP contribution in [0.2, 0.25) is 0 Å². The maximum atomic E-state index is 6.28. The summed E-state index contributed by atoms with van der Waals surface area (Å²) < 4.78 is 4.57. The fourth-order valence-corrected chi connectivity index (χ4v) is 7.24. The maximum absolute atomic E-state index is 6.28. The molecule has 9 rings (SSSR count). The highest BCUT2D eigenvalue weighted by Crippen LogP contribution is 2.35. The topological polar surface area (TPSA) is 74.6 Å². The summed E-state index contributed by atoms with van der Waals surface area (Å²) >= 11 is 0. The number of para-hydroxylation sites is 4. The minimum atomic E-state index is 0.880. The van der Waals surface area contributed by atoms with Gasteiger partial charge in [-0.1, -0.05) is 72.8 Å². The van der Waals surface area contributed by atoms with Crippen LogP contribution in [-0.2, 0) is 0 Å². The predicted molar refractivity (Wildman–Crippen MR) is 207 cm³/mol. The van der Waals surface area contributed by atoms with E-state index in [0.29, 0.717) is 0 Å². The summed E-state index contributed by atoms with van der Waals surface area (Å²) in [7, 11) is 0. The molecule has 0 atom stereocenters. The number of aromatic nitrogens is 5. The van der Waals surface area contributed by atoms with Crippen LogP contribution in [0.4, 0.5) is 0 Å². The molecule has 0 aliphatic carbocycles. The lowest BCUT2D eigenvalue weighted by Gasteiger charge is -2.12. The first-order valence-electron chi connectivity index (χ1n) is 16.6. The minimum absolute atomic E-state index is 0.880. The maximum Gasteiger partial charge on any atom is 0.0651 e. The molecule has 6 nitrogen and oxygen atoms in total. The summed E-state index contributed by atoms with van der Waals surface area (Å²) in [5, 5.41) is 4.88. The third-order valence-corrected chi connectivity index (χ3v) is 9.52. The van der Waals surface area contributed by atoms with Gasteiger partial charge < -0.3 is 14.9 Å². The molecule has 4 aromatic carbocycles. The number of benzene rings is 4. The summed E-state index contributed by atoms with van der Waals surface area (Å²) in [4.78, 5) is 14.0. The molecule has 0 spiro atoms. The van der Waals surface area contributed by atoms with E-state index in [4.69, 9.17) is 5.73 Å². The van der Waals surface area contributed by atoms with Crippen molar-refractivity contribution in [1.82, 2.24) is 24.1 Å². The van der Waals surface area contributed by atoms with Crippen molar-refractivity contribution in [2.24, 2.45) is 5.73 Å². The summed E-state index contributed by atoms with van der Waals surface area (Å²) in [5.41, 5.74) is 18.6. The van der Waals surface area contributed by atoms with E-state index in [2.05, 4.69) is 152 Å². The van der Waals surface area contributed by atoms with Crippen LogP contribution >= 0.6 is 0 Å². The van der Waals surface area contributed by atoms with E-state index < -0.39 is 0 Å². The highest BCUT2D eigenvalue weighted by atomic mass is 15.0. The van der Waals surface area contributed by atoms with Gasteiger partial charge >= 0.3 is 0 Å². The zero-order valence-corrected chi connectivity index (χ0v) is 27.4. The molecule has 9 aromatic rings. The molecular formula is C44H32N6. The van der Waals surface area contributed by atoms with Crippen LogP contribution in [0.3, 0.4) is 0 Å². The second-order valence-electron chi connectivity index (χ2n) is 12.5. The van der Waals surface area contributed by atoms with Crippen molar-refractivity contribution < 1.29 is 0 Å². The van der Waals surface area contributed by atoms with Gasteiger partial charge in [-0.15, -0.1) is 0 Å². The Labute approximate surface area is 289 Å². The van der Waals surface area contributed by atoms with E-state index in [-0.39, 0.29) is 0 Å². The molecule has 0 aliphatic heterocycles. The Kier molecular flexibility index (Phi) is 7.06. The summed E-state index contributed by atoms with van der Waals surface area (Å²) in [6.45, 7) is 2.12. The molecule has 5 aromatic heterocycles. The first kappa shape index (κ1) is 29.4. The van der Waals surface area contributed by atoms with Crippen LogP contribution in [0.5, 0.6) is 0 Å². The van der Waals surface area contributed by atoms with Crippen molar-refractivity contribution >= 4 is 54.9 Å². The number of allylic oxidation sites excluding steroid dienone is 3. The average molecular weight is 645 g/mol. The van der Waals surface area contributed by atoms with Gasteiger partial charge in [0.2, 0.25) is 0 Å². The zero-order valence-electron chi connectivity index (χ0n) is 27.4. The highest BCUT2D eigenvalue weighted by molar-refractivity contribution is 6.10. The molecule has 2 N–H and O–H groups in total. The van der Waals surface area contributed by atoms with Crippen LogP contribution in [0.1, 0.15) is 12.5 Å². The number of hydrogen-bond donors (Lipinski definition) is 1. The fraction of sp³-hybridized carbons (Fsp3) is 0.0227. The van der Waals surface area contributed by atoms with Gasteiger partial charge in [-0.3, -0.25) is 15.0 Å². The first-order chi connectivity index (χ1) is 24.7. The van der Waals surface area contributed by atoms with Crippen molar-refractivity contribution in [3.63, 3.8) is 0 Å². The zero-order chi connectivity index (χ0) is 33.6. The molecular weight excluding hydrogens is 613 g/mol.